The van der Waals surface area contributed by atoms with E-state index >= 15 is 0 Å². The number of hydrogen-bond acceptors (Lipinski definition) is 7. The highest BCUT2D eigenvalue weighted by Crippen LogP contribution is 2.35. The number of likely N-dealkylation sites (N-methyl/N-ethyl adjacent to an activating group) is 1. The number of anilines is 2. The van der Waals surface area contributed by atoms with Crippen molar-refractivity contribution in [2.75, 3.05) is 37.8 Å². The number of fused-ring (bicyclic) bond motifs is 2. The maximum absolute atomic E-state index is 14.7. The lowest BCUT2D eigenvalue weighted by molar-refractivity contribution is -0.117. The summed E-state index contributed by atoms with van der Waals surface area (Å²) in [7, 11) is 4.00. The molecule has 0 unspecified atom stereocenters. The second-order valence-corrected chi connectivity index (χ2v) is 12.7. The minimum Gasteiger partial charge on any atom is -0.384 e. The Balaban J connectivity index is 1.33. The molecule has 0 aliphatic rings. The molecule has 0 radical (unpaired) electrons. The summed E-state index contributed by atoms with van der Waals surface area (Å²) in [4.78, 5) is 31.8. The van der Waals surface area contributed by atoms with Crippen LogP contribution in [0.15, 0.2) is 67.1 Å². The molecular formula is C34H36FN9O. The predicted molar refractivity (Wildman–Crippen MR) is 177 cm³/mol. The molecule has 0 saturated heterocycles. The first-order chi connectivity index (χ1) is 21.5. The quantitative estimate of drug-likeness (QED) is 0.144. The van der Waals surface area contributed by atoms with Crippen LogP contribution < -0.4 is 10.6 Å². The van der Waals surface area contributed by atoms with Crippen LogP contribution in [0, 0.1) is 11.2 Å². The fraction of sp³-hybridized carbons (Fsp3) is 0.265. The molecule has 10 nitrogen and oxygen atoms in total. The van der Waals surface area contributed by atoms with Gasteiger partial charge in [0.1, 0.15) is 22.7 Å². The van der Waals surface area contributed by atoms with Gasteiger partial charge in [-0.05, 0) is 79.2 Å². The Hall–Kier alpha value is -5.16. The topological polar surface area (TPSA) is 128 Å². The molecule has 6 aromatic rings. The molecule has 5 heterocycles. The second-order valence-electron chi connectivity index (χ2n) is 12.7. The smallest absolute Gasteiger partial charge is 0.224 e. The van der Waals surface area contributed by atoms with E-state index in [2.05, 4.69) is 40.7 Å². The van der Waals surface area contributed by atoms with Crippen molar-refractivity contribution < 1.29 is 9.18 Å². The summed E-state index contributed by atoms with van der Waals surface area (Å²) < 4.78 is 14.7. The van der Waals surface area contributed by atoms with Crippen LogP contribution in [0.2, 0.25) is 0 Å². The molecule has 0 spiro atoms. The first-order valence-electron chi connectivity index (χ1n) is 14.8. The van der Waals surface area contributed by atoms with E-state index in [0.29, 0.717) is 41.2 Å². The first-order valence-corrected chi connectivity index (χ1v) is 14.8. The Morgan fingerprint density at radius 1 is 1.00 bits per heavy atom. The van der Waals surface area contributed by atoms with Gasteiger partial charge in [-0.25, -0.2) is 14.4 Å². The molecule has 4 N–H and O–H groups in total. The van der Waals surface area contributed by atoms with Crippen molar-refractivity contribution in [2.45, 2.75) is 27.2 Å². The van der Waals surface area contributed by atoms with Gasteiger partial charge in [-0.1, -0.05) is 20.8 Å². The number of rotatable bonds is 9. The van der Waals surface area contributed by atoms with E-state index in [4.69, 9.17) is 4.98 Å². The molecule has 0 fully saturated rings. The Kier molecular flexibility index (Phi) is 8.03. The summed E-state index contributed by atoms with van der Waals surface area (Å²) in [6.45, 7) is 7.60. The number of carbonyl (C=O) groups excluding carboxylic acids is 1. The molecule has 11 heteroatoms. The number of aromatic amines is 2. The number of nitrogens with one attached hydrogen (secondary N) is 4. The fourth-order valence-electron chi connectivity index (χ4n) is 5.26. The van der Waals surface area contributed by atoms with E-state index in [1.165, 1.54) is 12.1 Å². The van der Waals surface area contributed by atoms with E-state index in [-0.39, 0.29) is 17.1 Å². The molecule has 0 saturated carbocycles. The normalized spacial score (nSPS) is 11.9. The molecule has 230 valence electrons. The predicted octanol–water partition coefficient (Wildman–Crippen LogP) is 6.72. The zero-order valence-electron chi connectivity index (χ0n) is 26.0. The van der Waals surface area contributed by atoms with Gasteiger partial charge in [0.05, 0.1) is 28.8 Å². The van der Waals surface area contributed by atoms with Crippen molar-refractivity contribution in [3.8, 4) is 33.8 Å². The average molecular weight is 606 g/mol. The number of benzene rings is 1. The van der Waals surface area contributed by atoms with E-state index in [1.807, 2.05) is 71.3 Å². The van der Waals surface area contributed by atoms with Crippen LogP contribution in [0.5, 0.6) is 0 Å². The first kappa shape index (κ1) is 29.9. The minimum absolute atomic E-state index is 0.0659. The zero-order chi connectivity index (χ0) is 31.7. The SMILES string of the molecule is CN(C)CCNc1cc(F)cc(-c2ccnc3[nH]c(-c4n[nH]c5ccc(-c6cncc(NC(=O)CC(C)(C)C)c6)nc45)cc23)c1. The number of halogens is 1. The van der Waals surface area contributed by atoms with Crippen molar-refractivity contribution in [2.24, 2.45) is 5.41 Å². The van der Waals surface area contributed by atoms with Crippen LogP contribution in [0.3, 0.4) is 0 Å². The van der Waals surface area contributed by atoms with Gasteiger partial charge in [0.2, 0.25) is 5.91 Å². The maximum Gasteiger partial charge on any atom is 0.224 e. The lowest BCUT2D eigenvalue weighted by atomic mass is 9.92. The molecule has 6 rings (SSSR count). The average Bonchev–Trinajstić information content (AvgIpc) is 3.59. The van der Waals surface area contributed by atoms with Crippen LogP contribution in [-0.4, -0.2) is 68.1 Å². The van der Waals surface area contributed by atoms with E-state index < -0.39 is 0 Å². The van der Waals surface area contributed by atoms with Crippen LogP contribution in [0.1, 0.15) is 27.2 Å². The van der Waals surface area contributed by atoms with Crippen molar-refractivity contribution in [1.29, 1.82) is 0 Å². The van der Waals surface area contributed by atoms with Gasteiger partial charge < -0.3 is 20.5 Å². The number of pyridine rings is 3. The number of H-pyrrole nitrogens is 2. The molecule has 0 aliphatic carbocycles. The number of aromatic nitrogens is 6. The highest BCUT2D eigenvalue weighted by molar-refractivity contribution is 5.99. The minimum atomic E-state index is -0.317. The van der Waals surface area contributed by atoms with Gasteiger partial charge in [-0.2, -0.15) is 5.10 Å². The summed E-state index contributed by atoms with van der Waals surface area (Å²) in [6.07, 6.45) is 5.45. The van der Waals surface area contributed by atoms with Crippen LogP contribution in [-0.2, 0) is 4.79 Å². The van der Waals surface area contributed by atoms with Crippen molar-refractivity contribution >= 4 is 39.3 Å². The summed E-state index contributed by atoms with van der Waals surface area (Å²) >= 11 is 0. The van der Waals surface area contributed by atoms with Crippen molar-refractivity contribution in [1.82, 2.24) is 35.0 Å². The van der Waals surface area contributed by atoms with E-state index in [0.717, 1.165) is 45.5 Å². The van der Waals surface area contributed by atoms with Crippen molar-refractivity contribution in [3.05, 3.63) is 72.9 Å². The van der Waals surface area contributed by atoms with Crippen molar-refractivity contribution in [3.63, 3.8) is 0 Å². The second kappa shape index (κ2) is 12.1. The molecule has 0 bridgehead atoms. The highest BCUT2D eigenvalue weighted by Gasteiger charge is 2.18. The fourth-order valence-corrected chi connectivity index (χ4v) is 5.26. The van der Waals surface area contributed by atoms with Gasteiger partial charge in [-0.15, -0.1) is 0 Å². The molecule has 1 amide bonds. The Labute approximate surface area is 260 Å². The maximum atomic E-state index is 14.7. The molecule has 5 aromatic heterocycles. The lowest BCUT2D eigenvalue weighted by Gasteiger charge is -2.17. The van der Waals surface area contributed by atoms with Gasteiger partial charge in [0.15, 0.2) is 0 Å². The zero-order valence-corrected chi connectivity index (χ0v) is 26.0. The number of nitrogens with zero attached hydrogens (tertiary/aromatic N) is 5. The number of amides is 1. The standard InChI is InChI=1S/C34H36FN9O/c1-34(2,3)17-30(45)39-24-14-21(18-36-19-24)27-6-7-28-31(40-27)32(43-42-28)29-16-26-25(8-9-38-33(26)41-29)20-12-22(35)15-23(13-20)37-10-11-44(4)5/h6-9,12-16,18-19,37H,10-11,17H2,1-5H3,(H,38,41)(H,39,45)(H,42,43). The molecule has 0 aliphatic heterocycles. The monoisotopic (exact) mass is 605 g/mol. The largest absolute Gasteiger partial charge is 0.384 e. The van der Waals surface area contributed by atoms with Gasteiger partial charge in [0, 0.05) is 48.5 Å². The Bertz CT molecular complexity index is 2000. The van der Waals surface area contributed by atoms with Crippen LogP contribution in [0.25, 0.3) is 55.8 Å². The molecule has 0 atom stereocenters. The lowest BCUT2D eigenvalue weighted by Crippen LogP contribution is -2.20. The van der Waals surface area contributed by atoms with Gasteiger partial charge >= 0.3 is 0 Å². The van der Waals surface area contributed by atoms with Crippen LogP contribution >= 0.6 is 0 Å². The highest BCUT2D eigenvalue weighted by atomic mass is 19.1. The molecule has 45 heavy (non-hydrogen) atoms. The Morgan fingerprint density at radius 3 is 2.62 bits per heavy atom. The number of hydrogen-bond donors (Lipinski definition) is 4. The third-order valence-corrected chi connectivity index (χ3v) is 7.30. The summed E-state index contributed by atoms with van der Waals surface area (Å²) in [5.41, 5.74) is 7.69. The van der Waals surface area contributed by atoms with Crippen LogP contribution in [0.4, 0.5) is 15.8 Å². The summed E-state index contributed by atoms with van der Waals surface area (Å²) in [6, 6.07) is 14.5. The Morgan fingerprint density at radius 2 is 1.82 bits per heavy atom. The summed E-state index contributed by atoms with van der Waals surface area (Å²) in [5, 5.41) is 14.7. The molecular weight excluding hydrogens is 569 g/mol. The van der Waals surface area contributed by atoms with E-state index in [1.54, 1.807) is 18.6 Å². The third-order valence-electron chi connectivity index (χ3n) is 7.30. The third kappa shape index (κ3) is 6.83. The summed E-state index contributed by atoms with van der Waals surface area (Å²) in [5.74, 6) is -0.383. The van der Waals surface area contributed by atoms with Gasteiger partial charge in [-0.3, -0.25) is 14.9 Å². The van der Waals surface area contributed by atoms with E-state index in [9.17, 15) is 9.18 Å². The van der Waals surface area contributed by atoms with Gasteiger partial charge in [0.25, 0.3) is 0 Å². The number of carbonyl (C=O) groups is 1. The molecule has 1 aromatic carbocycles.